The van der Waals surface area contributed by atoms with Gasteiger partial charge < -0.3 is 4.90 Å². The van der Waals surface area contributed by atoms with Crippen LogP contribution in [0.15, 0.2) is 48.5 Å². The molecule has 0 unspecified atom stereocenters. The maximum absolute atomic E-state index is 14.3. The largest absolute Gasteiger partial charge is 0.308 e. The molecule has 7 heteroatoms. The summed E-state index contributed by atoms with van der Waals surface area (Å²) in [6.45, 7) is 1.98. The number of carbonyl (C=O) groups is 1. The van der Waals surface area contributed by atoms with Crippen LogP contribution in [0, 0.1) is 17.1 Å². The third-order valence-electron chi connectivity index (χ3n) is 5.42. The Kier molecular flexibility index (Phi) is 6.36. The number of hydrogen-bond acceptors (Lipinski definition) is 5. The predicted molar refractivity (Wildman–Crippen MR) is 117 cm³/mol. The van der Waals surface area contributed by atoms with Crippen LogP contribution in [0.25, 0.3) is 10.2 Å². The van der Waals surface area contributed by atoms with Crippen LogP contribution in [-0.4, -0.2) is 42.0 Å². The van der Waals surface area contributed by atoms with Gasteiger partial charge in [-0.1, -0.05) is 24.3 Å². The molecule has 0 bridgehead atoms. The predicted octanol–water partition coefficient (Wildman–Crippen LogP) is 4.56. The lowest BCUT2D eigenvalue weighted by Gasteiger charge is -2.33. The van der Waals surface area contributed by atoms with Gasteiger partial charge in [-0.2, -0.15) is 5.26 Å². The molecule has 2 heterocycles. The molecule has 1 aliphatic rings. The van der Waals surface area contributed by atoms with Gasteiger partial charge in [0.1, 0.15) is 5.82 Å². The molecule has 0 N–H and O–H groups in total. The maximum Gasteiger partial charge on any atom is 0.241 e. The van der Waals surface area contributed by atoms with Crippen molar-refractivity contribution in [3.05, 3.63) is 59.4 Å². The Labute approximate surface area is 179 Å². The summed E-state index contributed by atoms with van der Waals surface area (Å²) >= 11 is 1.72. The van der Waals surface area contributed by atoms with Crippen LogP contribution >= 0.6 is 11.3 Å². The van der Waals surface area contributed by atoms with E-state index >= 15 is 0 Å². The van der Waals surface area contributed by atoms with Crippen LogP contribution in [0.3, 0.4) is 0 Å². The third-order valence-corrected chi connectivity index (χ3v) is 6.61. The van der Waals surface area contributed by atoms with Gasteiger partial charge in [0.25, 0.3) is 0 Å². The first-order chi connectivity index (χ1) is 14.7. The summed E-state index contributed by atoms with van der Waals surface area (Å²) in [5.41, 5.74) is 1.26. The molecule has 1 amide bonds. The number of rotatable bonds is 6. The second-order valence-corrected chi connectivity index (χ2v) is 8.56. The number of hydrogen-bond donors (Lipinski definition) is 0. The number of halogens is 1. The highest BCUT2D eigenvalue weighted by Gasteiger charge is 2.27. The summed E-state index contributed by atoms with van der Waals surface area (Å²) in [6.07, 6.45) is 2.20. The third kappa shape index (κ3) is 4.50. The minimum atomic E-state index is -0.449. The second-order valence-electron chi connectivity index (χ2n) is 7.50. The van der Waals surface area contributed by atoms with Crippen molar-refractivity contribution in [2.75, 3.05) is 31.1 Å². The van der Waals surface area contributed by atoms with Crippen LogP contribution in [0.2, 0.25) is 0 Å². The zero-order valence-electron chi connectivity index (χ0n) is 16.6. The van der Waals surface area contributed by atoms with Crippen molar-refractivity contribution in [3.8, 4) is 6.07 Å². The minimum Gasteiger partial charge on any atom is -0.308 e. The van der Waals surface area contributed by atoms with E-state index in [4.69, 9.17) is 10.2 Å². The normalized spacial score (nSPS) is 17.0. The van der Waals surface area contributed by atoms with E-state index in [0.717, 1.165) is 36.5 Å². The van der Waals surface area contributed by atoms with Gasteiger partial charge in [0, 0.05) is 19.0 Å². The lowest BCUT2D eigenvalue weighted by Crippen LogP contribution is -2.44. The number of para-hydroxylation sites is 2. The first-order valence-electron chi connectivity index (χ1n) is 10.2. The zero-order valence-corrected chi connectivity index (χ0v) is 17.4. The van der Waals surface area contributed by atoms with Crippen LogP contribution in [0.4, 0.5) is 10.1 Å². The molecule has 0 radical (unpaired) electrons. The van der Waals surface area contributed by atoms with E-state index in [-0.39, 0.29) is 31.1 Å². The fraction of sp³-hybridized carbons (Fsp3) is 0.348. The van der Waals surface area contributed by atoms with Crippen LogP contribution in [0.1, 0.15) is 30.2 Å². The molecule has 1 aliphatic heterocycles. The van der Waals surface area contributed by atoms with Gasteiger partial charge in [-0.25, -0.2) is 9.37 Å². The van der Waals surface area contributed by atoms with Crippen LogP contribution in [0.5, 0.6) is 0 Å². The molecule has 5 nitrogen and oxygen atoms in total. The van der Waals surface area contributed by atoms with Gasteiger partial charge in [-0.3, -0.25) is 9.69 Å². The van der Waals surface area contributed by atoms with E-state index in [1.54, 1.807) is 29.5 Å². The number of amides is 1. The Bertz CT molecular complexity index is 1040. The van der Waals surface area contributed by atoms with Crippen molar-refractivity contribution in [3.63, 3.8) is 0 Å². The molecule has 0 spiro atoms. The van der Waals surface area contributed by atoms with Gasteiger partial charge in [0.15, 0.2) is 0 Å². The summed E-state index contributed by atoms with van der Waals surface area (Å²) in [4.78, 5) is 21.4. The molecular weight excluding hydrogens is 399 g/mol. The molecule has 2 aromatic carbocycles. The van der Waals surface area contributed by atoms with Gasteiger partial charge in [0.05, 0.1) is 39.9 Å². The molecule has 4 rings (SSSR count). The number of fused-ring (bicyclic) bond motifs is 1. The highest BCUT2D eigenvalue weighted by Crippen LogP contribution is 2.33. The first kappa shape index (κ1) is 20.5. The molecule has 1 saturated heterocycles. The fourth-order valence-corrected chi connectivity index (χ4v) is 5.05. The SMILES string of the molecule is N#CCCN(C(=O)CN1CCC[C@@H](c2nc3ccccc3s2)C1)c1ccccc1F. The number of aromatic nitrogens is 1. The van der Waals surface area contributed by atoms with E-state index in [1.807, 2.05) is 18.2 Å². The summed E-state index contributed by atoms with van der Waals surface area (Å²) in [6, 6.07) is 16.4. The molecule has 3 aromatic rings. The Morgan fingerprint density at radius 2 is 2.07 bits per heavy atom. The molecule has 1 fully saturated rings. The summed E-state index contributed by atoms with van der Waals surface area (Å²) < 4.78 is 15.5. The molecular formula is C23H23FN4OS. The van der Waals surface area contributed by atoms with Crippen molar-refractivity contribution in [2.24, 2.45) is 0 Å². The number of nitrogens with zero attached hydrogens (tertiary/aromatic N) is 4. The maximum atomic E-state index is 14.3. The van der Waals surface area contributed by atoms with E-state index < -0.39 is 5.82 Å². The molecule has 30 heavy (non-hydrogen) atoms. The number of thiazole rings is 1. The molecule has 0 saturated carbocycles. The van der Waals surface area contributed by atoms with Crippen molar-refractivity contribution < 1.29 is 9.18 Å². The van der Waals surface area contributed by atoms with E-state index in [2.05, 4.69) is 17.0 Å². The number of carbonyl (C=O) groups excluding carboxylic acids is 1. The molecule has 1 atom stereocenters. The summed E-state index contributed by atoms with van der Waals surface area (Å²) in [5.74, 6) is -0.333. The zero-order chi connectivity index (χ0) is 20.9. The topological polar surface area (TPSA) is 60.2 Å². The minimum absolute atomic E-state index is 0.161. The Balaban J connectivity index is 1.47. The quantitative estimate of drug-likeness (QED) is 0.584. The number of nitriles is 1. The van der Waals surface area contributed by atoms with Crippen molar-refractivity contribution in [1.29, 1.82) is 5.26 Å². The average Bonchev–Trinajstić information content (AvgIpc) is 3.20. The summed E-state index contributed by atoms with van der Waals surface area (Å²) in [5, 5.41) is 10.1. The fourth-order valence-electron chi connectivity index (χ4n) is 3.95. The first-order valence-corrected chi connectivity index (χ1v) is 11.0. The van der Waals surface area contributed by atoms with E-state index in [1.165, 1.54) is 15.7 Å². The van der Waals surface area contributed by atoms with Gasteiger partial charge in [-0.15, -0.1) is 11.3 Å². The summed E-state index contributed by atoms with van der Waals surface area (Å²) in [7, 11) is 0. The highest BCUT2D eigenvalue weighted by molar-refractivity contribution is 7.18. The average molecular weight is 423 g/mol. The van der Waals surface area contributed by atoms with Gasteiger partial charge >= 0.3 is 0 Å². The molecule has 1 aromatic heterocycles. The highest BCUT2D eigenvalue weighted by atomic mass is 32.1. The lowest BCUT2D eigenvalue weighted by molar-refractivity contribution is -0.120. The second kappa shape index (κ2) is 9.33. The van der Waals surface area contributed by atoms with Gasteiger partial charge in [-0.05, 0) is 43.7 Å². The number of piperidine rings is 1. The van der Waals surface area contributed by atoms with Crippen molar-refractivity contribution in [1.82, 2.24) is 9.88 Å². The monoisotopic (exact) mass is 422 g/mol. The standard InChI is InChI=1S/C23H23FN4OS/c24-18-8-1-3-10-20(18)28(14-6-12-25)22(29)16-27-13-5-7-17(15-27)23-26-19-9-2-4-11-21(19)30-23/h1-4,8-11,17H,5-7,13-16H2/t17-/m1/s1. The van der Waals surface area contributed by atoms with E-state index in [9.17, 15) is 9.18 Å². The number of anilines is 1. The number of benzene rings is 2. The smallest absolute Gasteiger partial charge is 0.241 e. The van der Waals surface area contributed by atoms with Crippen LogP contribution in [-0.2, 0) is 4.79 Å². The Hall–Kier alpha value is -2.82. The lowest BCUT2D eigenvalue weighted by atomic mass is 9.98. The van der Waals surface area contributed by atoms with Crippen molar-refractivity contribution >= 4 is 33.1 Å². The number of likely N-dealkylation sites (tertiary alicyclic amines) is 1. The Morgan fingerprint density at radius 1 is 1.27 bits per heavy atom. The molecule has 0 aliphatic carbocycles. The van der Waals surface area contributed by atoms with E-state index in [0.29, 0.717) is 5.92 Å². The van der Waals surface area contributed by atoms with Crippen LogP contribution < -0.4 is 4.90 Å². The Morgan fingerprint density at radius 3 is 2.87 bits per heavy atom. The van der Waals surface area contributed by atoms with Crippen molar-refractivity contribution in [2.45, 2.75) is 25.2 Å². The molecule has 154 valence electrons. The van der Waals surface area contributed by atoms with Gasteiger partial charge in [0.2, 0.25) is 5.91 Å².